The average Bonchev–Trinajstić information content (AvgIpc) is 2.25. The molecule has 0 radical (unpaired) electrons. The molecule has 18 heavy (non-hydrogen) atoms. The summed E-state index contributed by atoms with van der Waals surface area (Å²) in [6.45, 7) is 9.30. The minimum Gasteiger partial charge on any atom is -0.478 e. The van der Waals surface area contributed by atoms with Crippen molar-refractivity contribution < 1.29 is 9.90 Å². The van der Waals surface area contributed by atoms with Gasteiger partial charge < -0.3 is 16.2 Å². The van der Waals surface area contributed by atoms with Crippen LogP contribution in [0.1, 0.15) is 38.1 Å². The summed E-state index contributed by atoms with van der Waals surface area (Å²) >= 11 is 0. The van der Waals surface area contributed by atoms with E-state index in [1.807, 2.05) is 0 Å². The molecule has 0 bridgehead atoms. The van der Waals surface area contributed by atoms with E-state index in [2.05, 4.69) is 38.0 Å². The molecule has 0 aliphatic heterocycles. The molecule has 1 aromatic rings. The van der Waals surface area contributed by atoms with E-state index in [9.17, 15) is 4.79 Å². The minimum atomic E-state index is -1.04. The summed E-state index contributed by atoms with van der Waals surface area (Å²) in [6, 6.07) is 1.40. The Kier molecular flexibility index (Phi) is 4.16. The topological polar surface area (TPSA) is 88.2 Å². The van der Waals surface area contributed by atoms with Crippen LogP contribution in [0.4, 0.5) is 11.5 Å². The molecule has 0 spiro atoms. The van der Waals surface area contributed by atoms with Crippen LogP contribution in [0.5, 0.6) is 0 Å². The van der Waals surface area contributed by atoms with Gasteiger partial charge in [-0.1, -0.05) is 27.7 Å². The van der Waals surface area contributed by atoms with E-state index in [-0.39, 0.29) is 16.7 Å². The van der Waals surface area contributed by atoms with Gasteiger partial charge in [-0.3, -0.25) is 0 Å². The Hall–Kier alpha value is -1.78. The second-order valence-corrected chi connectivity index (χ2v) is 5.57. The third-order valence-corrected chi connectivity index (χ3v) is 3.27. The van der Waals surface area contributed by atoms with Crippen LogP contribution >= 0.6 is 0 Å². The van der Waals surface area contributed by atoms with Gasteiger partial charge in [-0.25, -0.2) is 9.78 Å². The molecule has 1 aromatic heterocycles. The molecule has 1 heterocycles. The van der Waals surface area contributed by atoms with Crippen LogP contribution in [-0.2, 0) is 0 Å². The predicted molar refractivity (Wildman–Crippen MR) is 72.7 cm³/mol. The van der Waals surface area contributed by atoms with Crippen molar-refractivity contribution in [3.63, 3.8) is 0 Å². The molecule has 0 aromatic carbocycles. The molecular weight excluding hydrogens is 230 g/mol. The number of pyridine rings is 1. The molecule has 1 rings (SSSR count). The Labute approximate surface area is 107 Å². The minimum absolute atomic E-state index is 0.0795. The number of anilines is 2. The highest BCUT2D eigenvalue weighted by atomic mass is 16.4. The van der Waals surface area contributed by atoms with E-state index in [0.717, 1.165) is 0 Å². The molecule has 1 atom stereocenters. The number of nitrogen functional groups attached to an aromatic ring is 1. The number of nitrogens with two attached hydrogens (primary N) is 1. The van der Waals surface area contributed by atoms with E-state index >= 15 is 0 Å². The molecule has 5 nitrogen and oxygen atoms in total. The summed E-state index contributed by atoms with van der Waals surface area (Å²) in [6.07, 6.45) is 1.45. The average molecular weight is 251 g/mol. The van der Waals surface area contributed by atoms with Crippen molar-refractivity contribution in [2.45, 2.75) is 27.7 Å². The number of carboxylic acid groups (broad SMARTS) is 1. The molecule has 4 N–H and O–H groups in total. The van der Waals surface area contributed by atoms with Gasteiger partial charge in [0.1, 0.15) is 5.82 Å². The first-order valence-electron chi connectivity index (χ1n) is 5.95. The van der Waals surface area contributed by atoms with Gasteiger partial charge in [0.2, 0.25) is 0 Å². The largest absolute Gasteiger partial charge is 0.478 e. The summed E-state index contributed by atoms with van der Waals surface area (Å²) in [5.74, 6) is -0.194. The van der Waals surface area contributed by atoms with E-state index in [1.165, 1.54) is 12.3 Å². The number of nitrogens with zero attached hydrogens (tertiary/aromatic N) is 1. The van der Waals surface area contributed by atoms with Crippen molar-refractivity contribution in [2.24, 2.45) is 11.3 Å². The second kappa shape index (κ2) is 5.25. The van der Waals surface area contributed by atoms with Crippen LogP contribution in [-0.4, -0.2) is 22.6 Å². The first kappa shape index (κ1) is 14.3. The maximum Gasteiger partial charge on any atom is 0.337 e. The third-order valence-electron chi connectivity index (χ3n) is 3.27. The first-order chi connectivity index (χ1) is 8.23. The fourth-order valence-electron chi connectivity index (χ4n) is 1.36. The summed E-state index contributed by atoms with van der Waals surface area (Å²) in [7, 11) is 0. The van der Waals surface area contributed by atoms with Crippen molar-refractivity contribution in [2.75, 3.05) is 17.6 Å². The number of nitrogens with one attached hydrogen (secondary N) is 1. The SMILES string of the molecule is CC(CNc1nccc(C(=O)O)c1N)C(C)(C)C. The van der Waals surface area contributed by atoms with Gasteiger partial charge in [0.05, 0.1) is 11.3 Å². The van der Waals surface area contributed by atoms with E-state index in [4.69, 9.17) is 10.8 Å². The molecule has 0 saturated carbocycles. The molecule has 0 amide bonds. The normalized spacial score (nSPS) is 13.1. The highest BCUT2D eigenvalue weighted by molar-refractivity contribution is 5.96. The maximum absolute atomic E-state index is 10.9. The lowest BCUT2D eigenvalue weighted by Gasteiger charge is -2.27. The van der Waals surface area contributed by atoms with Crippen LogP contribution in [0.2, 0.25) is 0 Å². The van der Waals surface area contributed by atoms with Crippen molar-refractivity contribution >= 4 is 17.5 Å². The fraction of sp³-hybridized carbons (Fsp3) is 0.538. The van der Waals surface area contributed by atoms with Gasteiger partial charge in [0.15, 0.2) is 0 Å². The molecule has 100 valence electrons. The fourth-order valence-corrected chi connectivity index (χ4v) is 1.36. The van der Waals surface area contributed by atoms with Crippen LogP contribution in [0.3, 0.4) is 0 Å². The zero-order chi connectivity index (χ0) is 13.9. The number of hydrogen-bond donors (Lipinski definition) is 3. The smallest absolute Gasteiger partial charge is 0.337 e. The Balaban J connectivity index is 2.81. The second-order valence-electron chi connectivity index (χ2n) is 5.57. The first-order valence-corrected chi connectivity index (χ1v) is 5.95. The van der Waals surface area contributed by atoms with Crippen LogP contribution in [0.15, 0.2) is 12.3 Å². The number of aromatic carboxylic acids is 1. The van der Waals surface area contributed by atoms with Gasteiger partial charge in [-0.15, -0.1) is 0 Å². The molecule has 0 aliphatic carbocycles. The Bertz CT molecular complexity index is 438. The number of hydrogen-bond acceptors (Lipinski definition) is 4. The summed E-state index contributed by atoms with van der Waals surface area (Å²) in [4.78, 5) is 15.0. The highest BCUT2D eigenvalue weighted by Crippen LogP contribution is 2.26. The third kappa shape index (κ3) is 3.35. The van der Waals surface area contributed by atoms with E-state index < -0.39 is 5.97 Å². The molecular formula is C13H21N3O2. The van der Waals surface area contributed by atoms with Gasteiger partial charge in [-0.05, 0) is 17.4 Å². The molecule has 0 fully saturated rings. The Morgan fingerprint density at radius 1 is 1.56 bits per heavy atom. The zero-order valence-corrected chi connectivity index (χ0v) is 11.3. The van der Waals surface area contributed by atoms with Crippen molar-refractivity contribution in [3.05, 3.63) is 17.8 Å². The number of aromatic nitrogens is 1. The summed E-state index contributed by atoms with van der Waals surface area (Å²) in [5, 5.41) is 12.1. The van der Waals surface area contributed by atoms with Crippen LogP contribution < -0.4 is 11.1 Å². The van der Waals surface area contributed by atoms with Crippen molar-refractivity contribution in [1.82, 2.24) is 4.98 Å². The van der Waals surface area contributed by atoms with Crippen molar-refractivity contribution in [1.29, 1.82) is 0 Å². The molecule has 1 unspecified atom stereocenters. The molecule has 0 saturated heterocycles. The van der Waals surface area contributed by atoms with Gasteiger partial charge >= 0.3 is 5.97 Å². The van der Waals surface area contributed by atoms with Gasteiger partial charge in [0.25, 0.3) is 0 Å². The number of rotatable bonds is 4. The summed E-state index contributed by atoms with van der Waals surface area (Å²) in [5.41, 5.74) is 6.21. The Morgan fingerprint density at radius 3 is 2.67 bits per heavy atom. The zero-order valence-electron chi connectivity index (χ0n) is 11.3. The van der Waals surface area contributed by atoms with Gasteiger partial charge in [0, 0.05) is 12.7 Å². The number of carbonyl (C=O) groups is 1. The maximum atomic E-state index is 10.9. The number of carboxylic acids is 1. The van der Waals surface area contributed by atoms with Gasteiger partial charge in [-0.2, -0.15) is 0 Å². The highest BCUT2D eigenvalue weighted by Gasteiger charge is 2.20. The lowest BCUT2D eigenvalue weighted by molar-refractivity contribution is 0.0698. The van der Waals surface area contributed by atoms with Crippen LogP contribution in [0.25, 0.3) is 0 Å². The lowest BCUT2D eigenvalue weighted by atomic mass is 9.82. The summed E-state index contributed by atoms with van der Waals surface area (Å²) < 4.78 is 0. The molecule has 0 aliphatic rings. The lowest BCUT2D eigenvalue weighted by Crippen LogP contribution is -2.25. The predicted octanol–water partition coefficient (Wildman–Crippen LogP) is 2.46. The Morgan fingerprint density at radius 2 is 2.17 bits per heavy atom. The molecule has 5 heteroatoms. The standard InChI is InChI=1S/C13H21N3O2/c1-8(13(2,3)4)7-16-11-10(14)9(12(17)18)5-6-15-11/h5-6,8H,7,14H2,1-4H3,(H,15,16)(H,17,18). The quantitative estimate of drug-likeness (QED) is 0.765. The van der Waals surface area contributed by atoms with E-state index in [1.54, 1.807) is 0 Å². The van der Waals surface area contributed by atoms with Crippen LogP contribution in [0, 0.1) is 11.3 Å². The van der Waals surface area contributed by atoms with Crippen molar-refractivity contribution in [3.8, 4) is 0 Å². The monoisotopic (exact) mass is 251 g/mol. The van der Waals surface area contributed by atoms with E-state index in [0.29, 0.717) is 18.3 Å².